The zero-order valence-corrected chi connectivity index (χ0v) is 13.3. The molecule has 0 fully saturated rings. The summed E-state index contributed by atoms with van der Waals surface area (Å²) >= 11 is 0. The molecular formula is C20H15N3O2. The Bertz CT molecular complexity index is 999. The van der Waals surface area contributed by atoms with Gasteiger partial charge in [0.05, 0.1) is 12.1 Å². The predicted molar refractivity (Wildman–Crippen MR) is 95.9 cm³/mol. The van der Waals surface area contributed by atoms with E-state index in [1.165, 1.54) is 0 Å². The highest BCUT2D eigenvalue weighted by molar-refractivity contribution is 5.95. The van der Waals surface area contributed by atoms with Crippen LogP contribution >= 0.6 is 0 Å². The summed E-state index contributed by atoms with van der Waals surface area (Å²) in [6, 6.07) is 17.8. The summed E-state index contributed by atoms with van der Waals surface area (Å²) in [6.07, 6.45) is 0. The van der Waals surface area contributed by atoms with Crippen molar-refractivity contribution in [1.29, 1.82) is 0 Å². The van der Waals surface area contributed by atoms with Crippen LogP contribution in [0.5, 0.6) is 0 Å². The molecule has 5 heteroatoms. The number of hydrogen-bond acceptors (Lipinski definition) is 3. The first kappa shape index (κ1) is 16.2. The molecule has 0 aliphatic carbocycles. The highest BCUT2D eigenvalue weighted by atomic mass is 16.2. The second-order valence-corrected chi connectivity index (χ2v) is 5.32. The van der Waals surface area contributed by atoms with Gasteiger partial charge in [-0.2, -0.15) is 0 Å². The zero-order valence-electron chi connectivity index (χ0n) is 13.3. The first-order valence-corrected chi connectivity index (χ1v) is 7.66. The van der Waals surface area contributed by atoms with Crippen LogP contribution in [-0.4, -0.2) is 23.3 Å². The number of fused-ring (bicyclic) bond motifs is 1. The molecule has 0 aliphatic heterocycles. The topological polar surface area (TPSA) is 85.1 Å². The number of para-hydroxylation sites is 1. The van der Waals surface area contributed by atoms with E-state index in [1.807, 2.05) is 30.3 Å². The smallest absolute Gasteiger partial charge is 0.270 e. The lowest BCUT2D eigenvalue weighted by atomic mass is 10.1. The quantitative estimate of drug-likeness (QED) is 0.722. The summed E-state index contributed by atoms with van der Waals surface area (Å²) in [5, 5.41) is 3.70. The molecule has 2 aromatic carbocycles. The molecule has 1 aromatic heterocycles. The standard InChI is InChI=1S/C20H15N3O2/c21-19(24)16-9-7-14(8-10-16)4-3-13-22-20(25)18-12-11-15-5-1-2-6-17(15)23-18/h1-2,5-12H,13H2,(H2,21,24)(H,22,25). The molecule has 3 rings (SSSR count). The second kappa shape index (κ2) is 7.28. The van der Waals surface area contributed by atoms with Crippen LogP contribution in [0.4, 0.5) is 0 Å². The summed E-state index contributed by atoms with van der Waals surface area (Å²) < 4.78 is 0. The number of pyridine rings is 1. The molecule has 0 saturated carbocycles. The molecule has 0 spiro atoms. The number of amides is 2. The Morgan fingerprint density at radius 1 is 1.00 bits per heavy atom. The maximum Gasteiger partial charge on any atom is 0.270 e. The fourth-order valence-corrected chi connectivity index (χ4v) is 2.27. The third kappa shape index (κ3) is 4.01. The van der Waals surface area contributed by atoms with Gasteiger partial charge in [0.1, 0.15) is 5.69 Å². The summed E-state index contributed by atoms with van der Waals surface area (Å²) in [5.41, 5.74) is 7.48. The molecule has 2 amide bonds. The van der Waals surface area contributed by atoms with E-state index in [0.717, 1.165) is 16.5 Å². The van der Waals surface area contributed by atoms with E-state index in [4.69, 9.17) is 5.73 Å². The van der Waals surface area contributed by atoms with Crippen LogP contribution in [0.15, 0.2) is 60.7 Å². The van der Waals surface area contributed by atoms with Gasteiger partial charge in [-0.05, 0) is 36.4 Å². The average Bonchev–Trinajstić information content (AvgIpc) is 2.65. The SMILES string of the molecule is NC(=O)c1ccc(C#CCNC(=O)c2ccc3ccccc3n2)cc1. The van der Waals surface area contributed by atoms with Crippen LogP contribution in [0.1, 0.15) is 26.4 Å². The van der Waals surface area contributed by atoms with Crippen molar-refractivity contribution in [3.05, 3.63) is 77.5 Å². The normalized spacial score (nSPS) is 9.92. The largest absolute Gasteiger partial charge is 0.366 e. The lowest BCUT2D eigenvalue weighted by Crippen LogP contribution is -2.24. The van der Waals surface area contributed by atoms with E-state index in [-0.39, 0.29) is 12.5 Å². The van der Waals surface area contributed by atoms with Crippen LogP contribution in [0.3, 0.4) is 0 Å². The number of rotatable bonds is 3. The minimum atomic E-state index is -0.477. The van der Waals surface area contributed by atoms with Crippen molar-refractivity contribution in [2.75, 3.05) is 6.54 Å². The number of benzene rings is 2. The van der Waals surface area contributed by atoms with E-state index in [2.05, 4.69) is 22.1 Å². The van der Waals surface area contributed by atoms with Gasteiger partial charge in [-0.25, -0.2) is 4.98 Å². The van der Waals surface area contributed by atoms with Crippen molar-refractivity contribution in [3.63, 3.8) is 0 Å². The van der Waals surface area contributed by atoms with E-state index in [9.17, 15) is 9.59 Å². The van der Waals surface area contributed by atoms with Crippen LogP contribution < -0.4 is 11.1 Å². The van der Waals surface area contributed by atoms with Crippen molar-refractivity contribution in [2.24, 2.45) is 5.73 Å². The Morgan fingerprint density at radius 2 is 1.76 bits per heavy atom. The number of hydrogen-bond donors (Lipinski definition) is 2. The second-order valence-electron chi connectivity index (χ2n) is 5.32. The van der Waals surface area contributed by atoms with Crippen molar-refractivity contribution in [3.8, 4) is 11.8 Å². The summed E-state index contributed by atoms with van der Waals surface area (Å²) in [5.74, 6) is 5.02. The lowest BCUT2D eigenvalue weighted by molar-refractivity contribution is 0.0952. The monoisotopic (exact) mass is 329 g/mol. The zero-order chi connectivity index (χ0) is 17.6. The molecule has 3 N–H and O–H groups in total. The van der Waals surface area contributed by atoms with Gasteiger partial charge in [-0.15, -0.1) is 0 Å². The van der Waals surface area contributed by atoms with E-state index < -0.39 is 5.91 Å². The maximum atomic E-state index is 12.1. The van der Waals surface area contributed by atoms with E-state index >= 15 is 0 Å². The molecule has 122 valence electrons. The molecule has 0 unspecified atom stereocenters. The summed E-state index contributed by atoms with van der Waals surface area (Å²) in [7, 11) is 0. The van der Waals surface area contributed by atoms with Crippen molar-refractivity contribution < 1.29 is 9.59 Å². The fraction of sp³-hybridized carbons (Fsp3) is 0.0500. The van der Waals surface area contributed by atoms with Gasteiger partial charge in [0.15, 0.2) is 0 Å². The summed E-state index contributed by atoms with van der Waals surface area (Å²) in [6.45, 7) is 0.199. The Morgan fingerprint density at radius 3 is 2.52 bits per heavy atom. The Balaban J connectivity index is 1.61. The first-order valence-electron chi connectivity index (χ1n) is 7.66. The van der Waals surface area contributed by atoms with Gasteiger partial charge in [0.2, 0.25) is 5.91 Å². The molecule has 3 aromatic rings. The maximum absolute atomic E-state index is 12.1. The summed E-state index contributed by atoms with van der Waals surface area (Å²) in [4.78, 5) is 27.5. The number of carbonyl (C=O) groups excluding carboxylic acids is 2. The number of primary amides is 1. The minimum absolute atomic E-state index is 0.199. The molecule has 25 heavy (non-hydrogen) atoms. The number of nitrogens with zero attached hydrogens (tertiary/aromatic N) is 1. The number of aromatic nitrogens is 1. The third-order valence-corrected chi connectivity index (χ3v) is 3.57. The minimum Gasteiger partial charge on any atom is -0.366 e. The highest BCUT2D eigenvalue weighted by Crippen LogP contribution is 2.11. The van der Waals surface area contributed by atoms with Gasteiger partial charge < -0.3 is 11.1 Å². The molecule has 0 aliphatic rings. The fourth-order valence-electron chi connectivity index (χ4n) is 2.27. The van der Waals surface area contributed by atoms with Crippen LogP contribution in [0.25, 0.3) is 10.9 Å². The third-order valence-electron chi connectivity index (χ3n) is 3.57. The van der Waals surface area contributed by atoms with Crippen molar-refractivity contribution in [1.82, 2.24) is 10.3 Å². The molecule has 1 heterocycles. The average molecular weight is 329 g/mol. The van der Waals surface area contributed by atoms with E-state index in [1.54, 1.807) is 30.3 Å². The number of carbonyl (C=O) groups is 2. The Kier molecular flexibility index (Phi) is 4.72. The highest BCUT2D eigenvalue weighted by Gasteiger charge is 2.06. The van der Waals surface area contributed by atoms with Crippen LogP contribution in [-0.2, 0) is 0 Å². The van der Waals surface area contributed by atoms with Gasteiger partial charge in [-0.3, -0.25) is 9.59 Å². The van der Waals surface area contributed by atoms with Gasteiger partial charge in [0.25, 0.3) is 5.91 Å². The van der Waals surface area contributed by atoms with Crippen molar-refractivity contribution in [2.45, 2.75) is 0 Å². The molecule has 0 bridgehead atoms. The Labute approximate surface area is 144 Å². The Hall–Kier alpha value is -3.65. The van der Waals surface area contributed by atoms with Gasteiger partial charge in [-0.1, -0.05) is 36.1 Å². The van der Waals surface area contributed by atoms with Crippen molar-refractivity contribution >= 4 is 22.7 Å². The number of nitrogens with one attached hydrogen (secondary N) is 1. The number of nitrogens with two attached hydrogens (primary N) is 1. The van der Waals surface area contributed by atoms with Crippen LogP contribution in [0, 0.1) is 11.8 Å². The van der Waals surface area contributed by atoms with E-state index in [0.29, 0.717) is 11.3 Å². The molecule has 0 saturated heterocycles. The molecule has 5 nitrogen and oxygen atoms in total. The molecule has 0 radical (unpaired) electrons. The van der Waals surface area contributed by atoms with Gasteiger partial charge >= 0.3 is 0 Å². The molecular weight excluding hydrogens is 314 g/mol. The lowest BCUT2D eigenvalue weighted by Gasteiger charge is -2.02. The van der Waals surface area contributed by atoms with Gasteiger partial charge in [0, 0.05) is 16.5 Å². The molecule has 0 atom stereocenters. The predicted octanol–water partition coefficient (Wildman–Crippen LogP) is 2.12. The first-order chi connectivity index (χ1) is 12.1. The van der Waals surface area contributed by atoms with Crippen LogP contribution in [0.2, 0.25) is 0 Å².